The molecule has 0 bridgehead atoms. The van der Waals surface area contributed by atoms with Crippen molar-refractivity contribution in [3.8, 4) is 0 Å². The molecule has 0 atom stereocenters. The zero-order valence-electron chi connectivity index (χ0n) is 7.00. The van der Waals surface area contributed by atoms with E-state index in [0.29, 0.717) is 5.88 Å². The van der Waals surface area contributed by atoms with Gasteiger partial charge in [0.15, 0.2) is 0 Å². The molecule has 0 saturated carbocycles. The number of rotatable bonds is 2. The predicted octanol–water partition coefficient (Wildman–Crippen LogP) is 3.53. The standard InChI is InChI=1S/C10H9Cl2N/c11-5-7-13-6-4-8-9(12)2-1-3-10(8)13/h1-4,6H,5,7H2. The third kappa shape index (κ3) is 1.54. The van der Waals surface area contributed by atoms with Crippen LogP contribution in [0.2, 0.25) is 5.02 Å². The molecule has 0 spiro atoms. The van der Waals surface area contributed by atoms with Crippen LogP contribution in [0.25, 0.3) is 10.9 Å². The van der Waals surface area contributed by atoms with E-state index in [4.69, 9.17) is 23.2 Å². The smallest absolute Gasteiger partial charge is 0.0499 e. The molecule has 1 nitrogen and oxygen atoms in total. The van der Waals surface area contributed by atoms with Gasteiger partial charge < -0.3 is 4.57 Å². The number of hydrogen-bond donors (Lipinski definition) is 0. The fraction of sp³-hybridized carbons (Fsp3) is 0.200. The molecule has 2 rings (SSSR count). The van der Waals surface area contributed by atoms with Gasteiger partial charge in [0.05, 0.1) is 0 Å². The second kappa shape index (κ2) is 3.60. The SMILES string of the molecule is ClCCn1ccc2c(Cl)cccc21. The van der Waals surface area contributed by atoms with Gasteiger partial charge in [-0.1, -0.05) is 17.7 Å². The normalized spacial score (nSPS) is 10.9. The molecule has 68 valence electrons. The number of alkyl halides is 1. The summed E-state index contributed by atoms with van der Waals surface area (Å²) in [6.45, 7) is 0.825. The molecule has 3 heteroatoms. The van der Waals surface area contributed by atoms with Crippen molar-refractivity contribution >= 4 is 34.1 Å². The quantitative estimate of drug-likeness (QED) is 0.674. The van der Waals surface area contributed by atoms with E-state index < -0.39 is 0 Å². The van der Waals surface area contributed by atoms with Crippen molar-refractivity contribution in [1.82, 2.24) is 4.57 Å². The van der Waals surface area contributed by atoms with Crippen LogP contribution in [0, 0.1) is 0 Å². The van der Waals surface area contributed by atoms with Crippen molar-refractivity contribution < 1.29 is 0 Å². The van der Waals surface area contributed by atoms with Crippen molar-refractivity contribution in [2.45, 2.75) is 6.54 Å². The van der Waals surface area contributed by atoms with Gasteiger partial charge in [0, 0.05) is 34.5 Å². The Morgan fingerprint density at radius 2 is 2.08 bits per heavy atom. The lowest BCUT2D eigenvalue weighted by Crippen LogP contribution is -1.95. The monoisotopic (exact) mass is 213 g/mol. The van der Waals surface area contributed by atoms with Gasteiger partial charge in [-0.05, 0) is 18.2 Å². The van der Waals surface area contributed by atoms with E-state index in [9.17, 15) is 0 Å². The van der Waals surface area contributed by atoms with E-state index in [1.165, 1.54) is 0 Å². The zero-order valence-corrected chi connectivity index (χ0v) is 8.52. The number of aryl methyl sites for hydroxylation is 1. The van der Waals surface area contributed by atoms with Crippen LogP contribution in [0.4, 0.5) is 0 Å². The Kier molecular flexibility index (Phi) is 2.47. The van der Waals surface area contributed by atoms with E-state index in [2.05, 4.69) is 4.57 Å². The van der Waals surface area contributed by atoms with Gasteiger partial charge in [0.25, 0.3) is 0 Å². The fourth-order valence-corrected chi connectivity index (χ4v) is 1.89. The molecule has 0 aliphatic heterocycles. The molecule has 0 aliphatic carbocycles. The van der Waals surface area contributed by atoms with E-state index in [0.717, 1.165) is 22.5 Å². The number of nitrogens with zero attached hydrogens (tertiary/aromatic N) is 1. The van der Waals surface area contributed by atoms with Gasteiger partial charge in [-0.3, -0.25) is 0 Å². The molecular weight excluding hydrogens is 205 g/mol. The van der Waals surface area contributed by atoms with Crippen LogP contribution in [0.3, 0.4) is 0 Å². The lowest BCUT2D eigenvalue weighted by atomic mass is 10.2. The Hall–Kier alpha value is -0.660. The Morgan fingerprint density at radius 1 is 1.23 bits per heavy atom. The fourth-order valence-electron chi connectivity index (χ4n) is 1.47. The summed E-state index contributed by atoms with van der Waals surface area (Å²) in [5.74, 6) is 0.621. The maximum absolute atomic E-state index is 6.02. The first kappa shape index (κ1) is 8.92. The minimum absolute atomic E-state index is 0.621. The maximum atomic E-state index is 6.02. The highest BCUT2D eigenvalue weighted by molar-refractivity contribution is 6.35. The summed E-state index contributed by atoms with van der Waals surface area (Å²) in [7, 11) is 0. The van der Waals surface area contributed by atoms with Gasteiger partial charge in [0.2, 0.25) is 0 Å². The predicted molar refractivity (Wildman–Crippen MR) is 57.7 cm³/mol. The minimum Gasteiger partial charge on any atom is -0.346 e. The Bertz CT molecular complexity index is 420. The lowest BCUT2D eigenvalue weighted by Gasteiger charge is -2.01. The first-order valence-electron chi connectivity index (χ1n) is 4.12. The number of aromatic nitrogens is 1. The molecule has 1 aromatic heterocycles. The topological polar surface area (TPSA) is 4.93 Å². The molecule has 2 aromatic rings. The average Bonchev–Trinajstić information content (AvgIpc) is 2.51. The molecule has 0 N–H and O–H groups in total. The highest BCUT2D eigenvalue weighted by Crippen LogP contribution is 2.23. The summed E-state index contributed by atoms with van der Waals surface area (Å²) >= 11 is 11.7. The number of hydrogen-bond acceptors (Lipinski definition) is 0. The van der Waals surface area contributed by atoms with Crippen molar-refractivity contribution in [3.63, 3.8) is 0 Å². The number of fused-ring (bicyclic) bond motifs is 1. The van der Waals surface area contributed by atoms with E-state index in [1.54, 1.807) is 0 Å². The average molecular weight is 214 g/mol. The molecule has 0 unspecified atom stereocenters. The third-order valence-corrected chi connectivity index (χ3v) is 2.58. The van der Waals surface area contributed by atoms with Crippen LogP contribution in [0.5, 0.6) is 0 Å². The van der Waals surface area contributed by atoms with Crippen LogP contribution in [0.1, 0.15) is 0 Å². The molecule has 0 fully saturated rings. The molecule has 1 aromatic carbocycles. The van der Waals surface area contributed by atoms with Crippen LogP contribution in [-0.2, 0) is 6.54 Å². The highest BCUT2D eigenvalue weighted by Gasteiger charge is 2.02. The number of halogens is 2. The Balaban J connectivity index is 2.61. The molecular formula is C10H9Cl2N. The largest absolute Gasteiger partial charge is 0.346 e. The lowest BCUT2D eigenvalue weighted by molar-refractivity contribution is 0.804. The molecule has 0 amide bonds. The second-order valence-corrected chi connectivity index (χ2v) is 3.66. The molecule has 13 heavy (non-hydrogen) atoms. The van der Waals surface area contributed by atoms with Gasteiger partial charge in [-0.2, -0.15) is 0 Å². The molecule has 0 saturated heterocycles. The Morgan fingerprint density at radius 3 is 2.85 bits per heavy atom. The van der Waals surface area contributed by atoms with Crippen LogP contribution < -0.4 is 0 Å². The van der Waals surface area contributed by atoms with Gasteiger partial charge in [-0.15, -0.1) is 11.6 Å². The van der Waals surface area contributed by atoms with Crippen LogP contribution in [-0.4, -0.2) is 10.4 Å². The van der Waals surface area contributed by atoms with Crippen molar-refractivity contribution in [2.75, 3.05) is 5.88 Å². The van der Waals surface area contributed by atoms with Crippen molar-refractivity contribution in [1.29, 1.82) is 0 Å². The minimum atomic E-state index is 0.621. The summed E-state index contributed by atoms with van der Waals surface area (Å²) in [6, 6.07) is 7.92. The second-order valence-electron chi connectivity index (χ2n) is 2.87. The first-order valence-corrected chi connectivity index (χ1v) is 5.03. The molecule has 0 radical (unpaired) electrons. The maximum Gasteiger partial charge on any atom is 0.0499 e. The number of benzene rings is 1. The summed E-state index contributed by atoms with van der Waals surface area (Å²) in [5, 5.41) is 1.89. The summed E-state index contributed by atoms with van der Waals surface area (Å²) in [5.41, 5.74) is 1.15. The third-order valence-electron chi connectivity index (χ3n) is 2.09. The summed E-state index contributed by atoms with van der Waals surface area (Å²) in [4.78, 5) is 0. The van der Waals surface area contributed by atoms with Crippen molar-refractivity contribution in [3.05, 3.63) is 35.5 Å². The van der Waals surface area contributed by atoms with E-state index in [1.807, 2.05) is 30.5 Å². The molecule has 1 heterocycles. The Labute approximate surface area is 86.9 Å². The summed E-state index contributed by atoms with van der Waals surface area (Å²) in [6.07, 6.45) is 2.01. The molecule has 0 aliphatic rings. The summed E-state index contributed by atoms with van der Waals surface area (Å²) < 4.78 is 2.11. The van der Waals surface area contributed by atoms with Gasteiger partial charge >= 0.3 is 0 Å². The van der Waals surface area contributed by atoms with Crippen LogP contribution >= 0.6 is 23.2 Å². The van der Waals surface area contributed by atoms with Crippen LogP contribution in [0.15, 0.2) is 30.5 Å². The van der Waals surface area contributed by atoms with E-state index >= 15 is 0 Å². The zero-order chi connectivity index (χ0) is 9.26. The highest BCUT2D eigenvalue weighted by atomic mass is 35.5. The van der Waals surface area contributed by atoms with E-state index in [-0.39, 0.29) is 0 Å². The van der Waals surface area contributed by atoms with Gasteiger partial charge in [-0.25, -0.2) is 0 Å². The van der Waals surface area contributed by atoms with Crippen molar-refractivity contribution in [2.24, 2.45) is 0 Å². The first-order chi connectivity index (χ1) is 6.33. The van der Waals surface area contributed by atoms with Gasteiger partial charge in [0.1, 0.15) is 0 Å².